The van der Waals surface area contributed by atoms with Gasteiger partial charge in [-0.2, -0.15) is 0 Å². The van der Waals surface area contributed by atoms with Gasteiger partial charge in [0.1, 0.15) is 4.21 Å². The summed E-state index contributed by atoms with van der Waals surface area (Å²) in [6.45, 7) is 3.85. The summed E-state index contributed by atoms with van der Waals surface area (Å²) in [6, 6.07) is 3.25. The molecule has 16 heavy (non-hydrogen) atoms. The van der Waals surface area contributed by atoms with Gasteiger partial charge in [-0.05, 0) is 41.4 Å². The number of rotatable bonds is 5. The fraction of sp³-hybridized carbons (Fsp3) is 0.556. The van der Waals surface area contributed by atoms with E-state index in [1.165, 1.54) is 11.3 Å². The number of sulfonamides is 1. The largest absolute Gasteiger partial charge is 0.250 e. The molecule has 3 nitrogen and oxygen atoms in total. The number of hydrogen-bond donors (Lipinski definition) is 1. The van der Waals surface area contributed by atoms with Gasteiger partial charge >= 0.3 is 0 Å². The van der Waals surface area contributed by atoms with Crippen molar-refractivity contribution in [3.05, 3.63) is 15.9 Å². The molecule has 7 heteroatoms. The summed E-state index contributed by atoms with van der Waals surface area (Å²) >= 11 is 7.86. The molecule has 0 radical (unpaired) electrons. The lowest BCUT2D eigenvalue weighted by Crippen LogP contribution is -2.33. The second-order valence-corrected chi connectivity index (χ2v) is 9.56. The third kappa shape index (κ3) is 4.44. The smallest absolute Gasteiger partial charge is 0.208 e. The van der Waals surface area contributed by atoms with Crippen LogP contribution in [-0.2, 0) is 10.0 Å². The maximum Gasteiger partial charge on any atom is 0.250 e. The van der Waals surface area contributed by atoms with E-state index in [4.69, 9.17) is 0 Å². The van der Waals surface area contributed by atoms with Gasteiger partial charge in [0.15, 0.2) is 0 Å². The van der Waals surface area contributed by atoms with Gasteiger partial charge in [-0.3, -0.25) is 0 Å². The molecule has 1 aromatic rings. The second-order valence-electron chi connectivity index (χ2n) is 3.60. The van der Waals surface area contributed by atoms with Crippen LogP contribution in [0, 0.1) is 0 Å². The predicted molar refractivity (Wildman–Crippen MR) is 74.8 cm³/mol. The van der Waals surface area contributed by atoms with Crippen LogP contribution in [0.1, 0.15) is 20.3 Å². The third-order valence-electron chi connectivity index (χ3n) is 1.85. The first-order chi connectivity index (χ1) is 7.31. The van der Waals surface area contributed by atoms with Crippen molar-refractivity contribution in [2.45, 2.75) is 35.3 Å². The molecule has 0 saturated carbocycles. The van der Waals surface area contributed by atoms with E-state index in [9.17, 15) is 8.42 Å². The Morgan fingerprint density at radius 2 is 2.06 bits per heavy atom. The lowest BCUT2D eigenvalue weighted by molar-refractivity contribution is 0.549. The molecule has 92 valence electrons. The molecule has 0 spiro atoms. The van der Waals surface area contributed by atoms with Crippen molar-refractivity contribution >= 4 is 53.2 Å². The molecular formula is C9H13Br2NO2S2. The van der Waals surface area contributed by atoms with Crippen molar-refractivity contribution < 1.29 is 8.42 Å². The first-order valence-corrected chi connectivity index (χ1v) is 8.74. The highest BCUT2D eigenvalue weighted by atomic mass is 79.9. The predicted octanol–water partition coefficient (Wildman–Crippen LogP) is 3.35. The number of alkyl halides is 1. The van der Waals surface area contributed by atoms with Gasteiger partial charge in [0.2, 0.25) is 10.0 Å². The van der Waals surface area contributed by atoms with Crippen LogP contribution >= 0.6 is 43.2 Å². The van der Waals surface area contributed by atoms with Crippen molar-refractivity contribution in [2.24, 2.45) is 0 Å². The topological polar surface area (TPSA) is 46.2 Å². The number of hydrogen-bond acceptors (Lipinski definition) is 3. The van der Waals surface area contributed by atoms with Gasteiger partial charge in [0, 0.05) is 10.9 Å². The van der Waals surface area contributed by atoms with Crippen molar-refractivity contribution in [2.75, 3.05) is 0 Å². The zero-order valence-electron chi connectivity index (χ0n) is 8.91. The van der Waals surface area contributed by atoms with E-state index < -0.39 is 10.0 Å². The van der Waals surface area contributed by atoms with Gasteiger partial charge in [-0.1, -0.05) is 22.9 Å². The molecule has 0 aromatic carbocycles. The summed E-state index contributed by atoms with van der Waals surface area (Å²) in [5.41, 5.74) is 0. The standard InChI is InChI=1S/C9H13Br2NO2S2/c1-6(10)5-7(2)12-16(13,14)9-4-3-8(11)15-9/h3-4,6-7,12H,5H2,1-2H3. The van der Waals surface area contributed by atoms with Gasteiger partial charge in [0.25, 0.3) is 0 Å². The van der Waals surface area contributed by atoms with Crippen LogP contribution in [0.4, 0.5) is 0 Å². The van der Waals surface area contributed by atoms with Crippen LogP contribution in [-0.4, -0.2) is 19.3 Å². The third-order valence-corrected chi connectivity index (χ3v) is 5.93. The highest BCUT2D eigenvalue weighted by molar-refractivity contribution is 9.11. The Labute approximate surface area is 117 Å². The van der Waals surface area contributed by atoms with Crippen molar-refractivity contribution in [1.29, 1.82) is 0 Å². The van der Waals surface area contributed by atoms with Crippen LogP contribution in [0.5, 0.6) is 0 Å². The van der Waals surface area contributed by atoms with Gasteiger partial charge in [0.05, 0.1) is 3.79 Å². The average molecular weight is 391 g/mol. The fourth-order valence-electron chi connectivity index (χ4n) is 1.30. The molecule has 0 saturated heterocycles. The first-order valence-electron chi connectivity index (χ1n) is 4.73. The van der Waals surface area contributed by atoms with Gasteiger partial charge in [-0.15, -0.1) is 11.3 Å². The molecule has 0 aliphatic heterocycles. The second kappa shape index (κ2) is 5.95. The molecule has 2 unspecified atom stereocenters. The van der Waals surface area contributed by atoms with E-state index in [2.05, 4.69) is 36.6 Å². The minimum absolute atomic E-state index is 0.0831. The van der Waals surface area contributed by atoms with Gasteiger partial charge < -0.3 is 0 Å². The molecular weight excluding hydrogens is 378 g/mol. The van der Waals surface area contributed by atoms with E-state index >= 15 is 0 Å². The zero-order chi connectivity index (χ0) is 12.3. The summed E-state index contributed by atoms with van der Waals surface area (Å²) in [5, 5.41) is 0. The van der Waals surface area contributed by atoms with Crippen LogP contribution in [0.25, 0.3) is 0 Å². The quantitative estimate of drug-likeness (QED) is 0.783. The highest BCUT2D eigenvalue weighted by Crippen LogP contribution is 2.26. The molecule has 0 bridgehead atoms. The molecule has 0 aliphatic carbocycles. The summed E-state index contributed by atoms with van der Waals surface area (Å²) in [7, 11) is -3.37. The summed E-state index contributed by atoms with van der Waals surface area (Å²) in [6.07, 6.45) is 0.756. The highest BCUT2D eigenvalue weighted by Gasteiger charge is 2.19. The molecule has 0 aliphatic rings. The minimum Gasteiger partial charge on any atom is -0.208 e. The van der Waals surface area contributed by atoms with Crippen molar-refractivity contribution in [3.63, 3.8) is 0 Å². The molecule has 0 fully saturated rings. The molecule has 0 amide bonds. The average Bonchev–Trinajstić information content (AvgIpc) is 2.49. The van der Waals surface area contributed by atoms with E-state index in [0.29, 0.717) is 9.04 Å². The number of halogens is 2. The Hall–Kier alpha value is 0.570. The maximum atomic E-state index is 11.9. The Bertz CT molecular complexity index is 442. The first kappa shape index (κ1) is 14.6. The lowest BCUT2D eigenvalue weighted by Gasteiger charge is -2.14. The summed E-state index contributed by atoms with van der Waals surface area (Å²) in [5.74, 6) is 0. The monoisotopic (exact) mass is 389 g/mol. The Kier molecular flexibility index (Phi) is 5.44. The fourth-order valence-corrected chi connectivity index (χ4v) is 5.14. The Morgan fingerprint density at radius 3 is 2.50 bits per heavy atom. The Balaban J connectivity index is 2.73. The molecule has 2 atom stereocenters. The maximum absolute atomic E-state index is 11.9. The van der Waals surface area contributed by atoms with Crippen LogP contribution in [0.3, 0.4) is 0 Å². The summed E-state index contributed by atoms with van der Waals surface area (Å²) in [4.78, 5) is 0.292. The van der Waals surface area contributed by atoms with Crippen LogP contribution < -0.4 is 4.72 Å². The van der Waals surface area contributed by atoms with E-state index in [-0.39, 0.29) is 6.04 Å². The van der Waals surface area contributed by atoms with Crippen molar-refractivity contribution in [1.82, 2.24) is 4.72 Å². The normalized spacial score (nSPS) is 16.0. The lowest BCUT2D eigenvalue weighted by atomic mass is 10.2. The number of nitrogens with one attached hydrogen (secondary N) is 1. The minimum atomic E-state index is -3.37. The molecule has 1 N–H and O–H groups in total. The van der Waals surface area contributed by atoms with E-state index in [1.54, 1.807) is 12.1 Å². The zero-order valence-corrected chi connectivity index (χ0v) is 13.7. The van der Waals surface area contributed by atoms with Crippen LogP contribution in [0.15, 0.2) is 20.1 Å². The molecule has 1 aromatic heterocycles. The van der Waals surface area contributed by atoms with E-state index in [1.807, 2.05) is 13.8 Å². The van der Waals surface area contributed by atoms with Crippen LogP contribution in [0.2, 0.25) is 0 Å². The SMILES string of the molecule is CC(Br)CC(C)NS(=O)(=O)c1ccc(Br)s1. The van der Waals surface area contributed by atoms with Gasteiger partial charge in [-0.25, -0.2) is 13.1 Å². The van der Waals surface area contributed by atoms with E-state index in [0.717, 1.165) is 10.2 Å². The van der Waals surface area contributed by atoms with Crippen molar-refractivity contribution in [3.8, 4) is 0 Å². The molecule has 1 rings (SSSR count). The molecule has 1 heterocycles. The number of thiophene rings is 1. The summed E-state index contributed by atoms with van der Waals surface area (Å²) < 4.78 is 27.6. The Morgan fingerprint density at radius 1 is 1.44 bits per heavy atom.